The predicted octanol–water partition coefficient (Wildman–Crippen LogP) is 1.63. The molecule has 5 nitrogen and oxygen atoms in total. The number of carbonyl (C=O) groups excluding carboxylic acids is 2. The Hall–Kier alpha value is -1.62. The highest BCUT2D eigenvalue weighted by molar-refractivity contribution is 6.29. The van der Waals surface area contributed by atoms with Gasteiger partial charge in [-0.3, -0.25) is 9.59 Å². The predicted molar refractivity (Wildman–Crippen MR) is 68.9 cm³/mol. The van der Waals surface area contributed by atoms with Crippen LogP contribution in [0.15, 0.2) is 12.3 Å². The molecule has 0 aliphatic heterocycles. The number of hydrogen-bond donors (Lipinski definition) is 2. The normalized spacial score (nSPS) is 18.8. The lowest BCUT2D eigenvalue weighted by Gasteiger charge is -2.15. The first-order valence-corrected chi connectivity index (χ1v) is 6.16. The van der Waals surface area contributed by atoms with Gasteiger partial charge in [0.2, 0.25) is 0 Å². The van der Waals surface area contributed by atoms with E-state index in [-0.39, 0.29) is 22.9 Å². The van der Waals surface area contributed by atoms with Gasteiger partial charge in [0.05, 0.1) is 17.3 Å². The Labute approximate surface area is 110 Å². The van der Waals surface area contributed by atoms with Crippen LogP contribution in [0.1, 0.15) is 29.6 Å². The molecule has 6 heteroatoms. The van der Waals surface area contributed by atoms with Gasteiger partial charge in [0.1, 0.15) is 5.15 Å². The van der Waals surface area contributed by atoms with Gasteiger partial charge in [0.25, 0.3) is 5.91 Å². The molecular formula is C12H14ClN3O2. The van der Waals surface area contributed by atoms with Gasteiger partial charge in [-0.1, -0.05) is 11.6 Å². The van der Waals surface area contributed by atoms with Crippen molar-refractivity contribution in [3.63, 3.8) is 0 Å². The van der Waals surface area contributed by atoms with Crippen molar-refractivity contribution >= 4 is 29.0 Å². The summed E-state index contributed by atoms with van der Waals surface area (Å²) in [6, 6.07) is 1.34. The Morgan fingerprint density at radius 3 is 2.94 bits per heavy atom. The number of amides is 1. The van der Waals surface area contributed by atoms with Crippen molar-refractivity contribution < 1.29 is 9.59 Å². The van der Waals surface area contributed by atoms with Crippen molar-refractivity contribution in [1.29, 1.82) is 0 Å². The summed E-state index contributed by atoms with van der Waals surface area (Å²) in [4.78, 5) is 27.2. The Morgan fingerprint density at radius 2 is 2.33 bits per heavy atom. The zero-order valence-electron chi connectivity index (χ0n) is 10.00. The quantitative estimate of drug-likeness (QED) is 0.817. The third-order valence-electron chi connectivity index (χ3n) is 2.98. The van der Waals surface area contributed by atoms with Gasteiger partial charge in [-0.15, -0.1) is 0 Å². The zero-order valence-corrected chi connectivity index (χ0v) is 10.8. The smallest absolute Gasteiger partial charge is 0.254 e. The standard InChI is InChI=1S/C12H14ClN3O2/c1-14-12(18)7-6-15-11(13)5-9(7)16-8-3-2-4-10(8)17/h5-6,8H,2-4H2,1H3,(H,14,18)(H,15,16). The third-order valence-corrected chi connectivity index (χ3v) is 3.18. The lowest BCUT2D eigenvalue weighted by atomic mass is 10.1. The summed E-state index contributed by atoms with van der Waals surface area (Å²) in [5.74, 6) is -0.0853. The van der Waals surface area contributed by atoms with Crippen LogP contribution < -0.4 is 10.6 Å². The Bertz CT molecular complexity index is 490. The molecule has 0 spiro atoms. The number of hydrogen-bond acceptors (Lipinski definition) is 4. The van der Waals surface area contributed by atoms with Crippen molar-refractivity contribution in [2.24, 2.45) is 0 Å². The molecule has 0 saturated heterocycles. The molecule has 96 valence electrons. The fourth-order valence-electron chi connectivity index (χ4n) is 2.02. The monoisotopic (exact) mass is 267 g/mol. The maximum Gasteiger partial charge on any atom is 0.254 e. The minimum atomic E-state index is -0.257. The van der Waals surface area contributed by atoms with Crippen molar-refractivity contribution in [1.82, 2.24) is 10.3 Å². The van der Waals surface area contributed by atoms with Gasteiger partial charge in [-0.05, 0) is 18.9 Å². The van der Waals surface area contributed by atoms with Crippen LogP contribution in [0.3, 0.4) is 0 Å². The molecule has 0 bridgehead atoms. The number of nitrogens with one attached hydrogen (secondary N) is 2. The summed E-state index contributed by atoms with van der Waals surface area (Å²) in [6.07, 6.45) is 3.66. The average molecular weight is 268 g/mol. The molecule has 2 N–H and O–H groups in total. The number of nitrogens with zero attached hydrogens (tertiary/aromatic N) is 1. The van der Waals surface area contributed by atoms with Crippen molar-refractivity contribution in [3.8, 4) is 0 Å². The number of anilines is 1. The molecule has 1 aromatic heterocycles. The van der Waals surface area contributed by atoms with Crippen molar-refractivity contribution in [3.05, 3.63) is 23.0 Å². The molecule has 2 rings (SSSR count). The number of aromatic nitrogens is 1. The maximum atomic E-state index is 11.7. The van der Waals surface area contributed by atoms with Crippen LogP contribution in [-0.2, 0) is 4.79 Å². The van der Waals surface area contributed by atoms with Gasteiger partial charge >= 0.3 is 0 Å². The van der Waals surface area contributed by atoms with E-state index >= 15 is 0 Å². The van der Waals surface area contributed by atoms with Gasteiger partial charge in [0.15, 0.2) is 5.78 Å². The summed E-state index contributed by atoms with van der Waals surface area (Å²) >= 11 is 5.82. The summed E-state index contributed by atoms with van der Waals surface area (Å²) in [5, 5.41) is 5.90. The van der Waals surface area contributed by atoms with Gasteiger partial charge in [-0.25, -0.2) is 4.98 Å². The van der Waals surface area contributed by atoms with Crippen LogP contribution in [0.4, 0.5) is 5.69 Å². The van der Waals surface area contributed by atoms with E-state index in [1.807, 2.05) is 0 Å². The lowest BCUT2D eigenvalue weighted by Crippen LogP contribution is -2.26. The van der Waals surface area contributed by atoms with E-state index in [0.717, 1.165) is 12.8 Å². The van der Waals surface area contributed by atoms with Crippen LogP contribution >= 0.6 is 11.6 Å². The zero-order chi connectivity index (χ0) is 13.1. The minimum Gasteiger partial charge on any atom is -0.374 e. The van der Waals surface area contributed by atoms with Gasteiger partial charge in [-0.2, -0.15) is 0 Å². The molecule has 1 amide bonds. The van der Waals surface area contributed by atoms with Crippen molar-refractivity contribution in [2.75, 3.05) is 12.4 Å². The third kappa shape index (κ3) is 2.61. The number of ketones is 1. The van der Waals surface area contributed by atoms with Crippen LogP contribution in [0.2, 0.25) is 5.15 Å². The first kappa shape index (κ1) is 12.8. The molecule has 0 aromatic carbocycles. The number of pyridine rings is 1. The summed E-state index contributed by atoms with van der Waals surface area (Å²) in [6.45, 7) is 0. The second-order valence-corrected chi connectivity index (χ2v) is 4.57. The molecule has 1 fully saturated rings. The molecule has 0 radical (unpaired) electrons. The Morgan fingerprint density at radius 1 is 1.56 bits per heavy atom. The summed E-state index contributed by atoms with van der Waals surface area (Å²) < 4.78 is 0. The topological polar surface area (TPSA) is 71.1 Å². The van der Waals surface area contributed by atoms with E-state index in [1.54, 1.807) is 13.1 Å². The molecule has 1 aromatic rings. The fraction of sp³-hybridized carbons (Fsp3) is 0.417. The molecular weight excluding hydrogens is 254 g/mol. The van der Waals surface area contributed by atoms with E-state index < -0.39 is 0 Å². The number of Topliss-reactive ketones (excluding diaryl/α,β-unsaturated/α-hetero) is 1. The largest absolute Gasteiger partial charge is 0.374 e. The van der Waals surface area contributed by atoms with E-state index in [4.69, 9.17) is 11.6 Å². The van der Waals surface area contributed by atoms with E-state index in [1.165, 1.54) is 6.20 Å². The second kappa shape index (κ2) is 5.35. The summed E-state index contributed by atoms with van der Waals surface area (Å²) in [5.41, 5.74) is 0.941. The SMILES string of the molecule is CNC(=O)c1cnc(Cl)cc1NC1CCCC1=O. The van der Waals surface area contributed by atoms with Crippen LogP contribution in [0.25, 0.3) is 0 Å². The van der Waals surface area contributed by atoms with E-state index in [2.05, 4.69) is 15.6 Å². The van der Waals surface area contributed by atoms with Gasteiger partial charge in [0, 0.05) is 19.7 Å². The molecule has 1 unspecified atom stereocenters. The van der Waals surface area contributed by atoms with E-state index in [9.17, 15) is 9.59 Å². The Balaban J connectivity index is 2.27. The first-order chi connectivity index (χ1) is 8.61. The highest BCUT2D eigenvalue weighted by Crippen LogP contribution is 2.24. The lowest BCUT2D eigenvalue weighted by molar-refractivity contribution is -0.118. The van der Waals surface area contributed by atoms with Crippen LogP contribution in [0.5, 0.6) is 0 Å². The Kier molecular flexibility index (Phi) is 3.81. The van der Waals surface area contributed by atoms with E-state index in [0.29, 0.717) is 17.7 Å². The second-order valence-electron chi connectivity index (χ2n) is 4.19. The molecule has 1 atom stereocenters. The van der Waals surface area contributed by atoms with Crippen LogP contribution in [-0.4, -0.2) is 29.8 Å². The highest BCUT2D eigenvalue weighted by atomic mass is 35.5. The maximum absolute atomic E-state index is 11.7. The molecule has 1 aliphatic carbocycles. The minimum absolute atomic E-state index is 0.172. The molecule has 1 aliphatic rings. The first-order valence-electron chi connectivity index (χ1n) is 5.78. The van der Waals surface area contributed by atoms with Gasteiger partial charge < -0.3 is 10.6 Å². The molecule has 1 saturated carbocycles. The molecule has 1 heterocycles. The average Bonchev–Trinajstić information content (AvgIpc) is 2.74. The van der Waals surface area contributed by atoms with Crippen molar-refractivity contribution in [2.45, 2.75) is 25.3 Å². The van der Waals surface area contributed by atoms with Crippen LogP contribution in [0, 0.1) is 0 Å². The molecule has 18 heavy (non-hydrogen) atoms. The number of halogens is 1. The fourth-order valence-corrected chi connectivity index (χ4v) is 2.18. The highest BCUT2D eigenvalue weighted by Gasteiger charge is 2.25. The number of carbonyl (C=O) groups is 2. The summed E-state index contributed by atoms with van der Waals surface area (Å²) in [7, 11) is 1.54. The number of rotatable bonds is 3.